The molecule has 0 radical (unpaired) electrons. The lowest BCUT2D eigenvalue weighted by Gasteiger charge is -2.20. The van der Waals surface area contributed by atoms with Gasteiger partial charge in [-0.05, 0) is 17.7 Å². The third-order valence-corrected chi connectivity index (χ3v) is 4.09. The number of methoxy groups -OCH3 is 1. The van der Waals surface area contributed by atoms with Crippen LogP contribution in [0.1, 0.15) is 22.0 Å². The average molecular weight is 261 g/mol. The predicted molar refractivity (Wildman–Crippen MR) is 66.9 cm³/mol. The highest BCUT2D eigenvalue weighted by molar-refractivity contribution is 7.99. The molecular formula is C12H11N3O2S. The Balaban J connectivity index is 1.88. The molecule has 0 saturated heterocycles. The Labute approximate surface area is 108 Å². The van der Waals surface area contributed by atoms with Crippen LogP contribution in [-0.4, -0.2) is 27.8 Å². The van der Waals surface area contributed by atoms with E-state index >= 15 is 0 Å². The van der Waals surface area contributed by atoms with Crippen molar-refractivity contribution in [3.63, 3.8) is 0 Å². The summed E-state index contributed by atoms with van der Waals surface area (Å²) < 4.78 is 6.63. The Morgan fingerprint density at radius 1 is 1.39 bits per heavy atom. The molecule has 18 heavy (non-hydrogen) atoms. The van der Waals surface area contributed by atoms with Crippen molar-refractivity contribution in [1.29, 1.82) is 0 Å². The molecule has 0 aliphatic carbocycles. The first kappa shape index (κ1) is 11.3. The molecule has 0 bridgehead atoms. The van der Waals surface area contributed by atoms with E-state index < -0.39 is 0 Å². The minimum atomic E-state index is 0.0366. The van der Waals surface area contributed by atoms with Crippen LogP contribution in [-0.2, 0) is 0 Å². The number of carbonyl (C=O) groups is 1. The van der Waals surface area contributed by atoms with Crippen LogP contribution in [0.5, 0.6) is 5.75 Å². The molecule has 2 aromatic rings. The molecule has 92 valence electrons. The number of hydrogen-bond acceptors (Lipinski definition) is 5. The number of benzene rings is 1. The Kier molecular flexibility index (Phi) is 2.79. The summed E-state index contributed by atoms with van der Waals surface area (Å²) in [5.41, 5.74) is 1.10. The van der Waals surface area contributed by atoms with Crippen molar-refractivity contribution >= 4 is 17.7 Å². The van der Waals surface area contributed by atoms with E-state index in [2.05, 4.69) is 10.2 Å². The minimum absolute atomic E-state index is 0.0366. The molecule has 0 saturated carbocycles. The normalized spacial score (nSPS) is 18.5. The van der Waals surface area contributed by atoms with Crippen molar-refractivity contribution in [2.75, 3.05) is 7.11 Å². The maximum absolute atomic E-state index is 11.9. The maximum atomic E-state index is 11.9. The molecule has 1 unspecified atom stereocenters. The monoisotopic (exact) mass is 261 g/mol. The lowest BCUT2D eigenvalue weighted by Crippen LogP contribution is -2.18. The van der Waals surface area contributed by atoms with Gasteiger partial charge in [-0.2, -0.15) is 0 Å². The summed E-state index contributed by atoms with van der Waals surface area (Å²) in [6.07, 6.45) is 1.93. The number of ether oxygens (including phenoxy) is 1. The van der Waals surface area contributed by atoms with Crippen molar-refractivity contribution < 1.29 is 9.53 Å². The smallest absolute Gasteiger partial charge is 0.235 e. The molecule has 0 amide bonds. The number of fused-ring (bicyclic) bond motifs is 1. The molecule has 0 fully saturated rings. The van der Waals surface area contributed by atoms with Crippen molar-refractivity contribution in [2.45, 2.75) is 16.8 Å². The molecule has 1 aromatic heterocycles. The second-order valence-electron chi connectivity index (χ2n) is 3.96. The first-order valence-corrected chi connectivity index (χ1v) is 6.40. The average Bonchev–Trinajstić information content (AvgIpc) is 2.88. The van der Waals surface area contributed by atoms with Gasteiger partial charge in [-0.15, -0.1) is 10.2 Å². The van der Waals surface area contributed by atoms with Gasteiger partial charge >= 0.3 is 0 Å². The summed E-state index contributed by atoms with van der Waals surface area (Å²) in [5.74, 6) is 0.851. The molecular weight excluding hydrogens is 250 g/mol. The second-order valence-corrected chi connectivity index (χ2v) is 5.13. The Morgan fingerprint density at radius 2 is 2.17 bits per heavy atom. The van der Waals surface area contributed by atoms with E-state index in [9.17, 15) is 4.79 Å². The summed E-state index contributed by atoms with van der Waals surface area (Å²) in [6.45, 7) is 0. The van der Waals surface area contributed by atoms with E-state index in [0.717, 1.165) is 11.3 Å². The maximum Gasteiger partial charge on any atom is 0.235 e. The van der Waals surface area contributed by atoms with Gasteiger partial charge in [-0.3, -0.25) is 4.79 Å². The van der Waals surface area contributed by atoms with Gasteiger partial charge in [0.1, 0.15) is 12.1 Å². The van der Waals surface area contributed by atoms with E-state index in [0.29, 0.717) is 11.6 Å². The van der Waals surface area contributed by atoms with Gasteiger partial charge < -0.3 is 4.74 Å². The molecule has 1 aromatic carbocycles. The Hall–Kier alpha value is -1.82. The van der Waals surface area contributed by atoms with Crippen LogP contribution in [0.25, 0.3) is 0 Å². The van der Waals surface area contributed by atoms with Gasteiger partial charge in [0.25, 0.3) is 0 Å². The highest BCUT2D eigenvalue weighted by Crippen LogP contribution is 2.40. The number of rotatable bonds is 2. The quantitative estimate of drug-likeness (QED) is 0.829. The Morgan fingerprint density at radius 3 is 2.89 bits per heavy atom. The van der Waals surface area contributed by atoms with Crippen LogP contribution in [0.2, 0.25) is 0 Å². The van der Waals surface area contributed by atoms with Crippen molar-refractivity contribution in [2.24, 2.45) is 0 Å². The van der Waals surface area contributed by atoms with E-state index in [1.165, 1.54) is 10.9 Å². The zero-order valence-electron chi connectivity index (χ0n) is 9.74. The number of hydrogen-bond donors (Lipinski definition) is 0. The number of aromatic nitrogens is 3. The highest BCUT2D eigenvalue weighted by atomic mass is 32.2. The summed E-state index contributed by atoms with van der Waals surface area (Å²) in [5, 5.41) is 8.46. The first-order valence-electron chi connectivity index (χ1n) is 5.52. The van der Waals surface area contributed by atoms with Gasteiger partial charge in [0.15, 0.2) is 5.16 Å². The second kappa shape index (κ2) is 4.45. The van der Waals surface area contributed by atoms with E-state index in [1.807, 2.05) is 24.3 Å². The number of carbonyl (C=O) groups excluding carboxylic acids is 1. The topological polar surface area (TPSA) is 57.0 Å². The third-order valence-electron chi connectivity index (χ3n) is 2.88. The summed E-state index contributed by atoms with van der Waals surface area (Å²) >= 11 is 1.56. The summed E-state index contributed by atoms with van der Waals surface area (Å²) in [6, 6.07) is 7.77. The molecule has 0 N–H and O–H groups in total. The third kappa shape index (κ3) is 1.88. The molecule has 5 nitrogen and oxygen atoms in total. The van der Waals surface area contributed by atoms with Crippen LogP contribution in [0.4, 0.5) is 0 Å². The fourth-order valence-electron chi connectivity index (χ4n) is 1.91. The van der Waals surface area contributed by atoms with E-state index in [4.69, 9.17) is 4.74 Å². The SMILES string of the molecule is COc1ccc(C2CC(=O)n3cnnc3S2)cc1. The van der Waals surface area contributed by atoms with Crippen molar-refractivity contribution in [3.8, 4) is 5.75 Å². The fraction of sp³-hybridized carbons (Fsp3) is 0.250. The lowest BCUT2D eigenvalue weighted by atomic mass is 10.1. The van der Waals surface area contributed by atoms with Crippen LogP contribution in [0, 0.1) is 0 Å². The predicted octanol–water partition coefficient (Wildman–Crippen LogP) is 2.16. The molecule has 6 heteroatoms. The van der Waals surface area contributed by atoms with Crippen LogP contribution in [0.15, 0.2) is 35.7 Å². The number of thioether (sulfide) groups is 1. The minimum Gasteiger partial charge on any atom is -0.497 e. The van der Waals surface area contributed by atoms with Gasteiger partial charge in [0.05, 0.1) is 7.11 Å². The van der Waals surface area contributed by atoms with E-state index in [-0.39, 0.29) is 11.2 Å². The van der Waals surface area contributed by atoms with Gasteiger partial charge in [-0.25, -0.2) is 4.57 Å². The van der Waals surface area contributed by atoms with E-state index in [1.54, 1.807) is 18.9 Å². The highest BCUT2D eigenvalue weighted by Gasteiger charge is 2.27. The first-order chi connectivity index (χ1) is 8.78. The molecule has 2 heterocycles. The molecule has 0 spiro atoms. The standard InChI is InChI=1S/C12H11N3O2S/c1-17-9-4-2-8(3-5-9)10-6-11(16)15-7-13-14-12(15)18-10/h2-5,7,10H,6H2,1H3. The fourth-order valence-corrected chi connectivity index (χ4v) is 3.04. The molecule has 1 atom stereocenters. The van der Waals surface area contributed by atoms with Crippen LogP contribution < -0.4 is 4.74 Å². The molecule has 1 aliphatic rings. The van der Waals surface area contributed by atoms with Gasteiger partial charge in [-0.1, -0.05) is 23.9 Å². The van der Waals surface area contributed by atoms with Crippen LogP contribution in [0.3, 0.4) is 0 Å². The number of nitrogens with zero attached hydrogens (tertiary/aromatic N) is 3. The van der Waals surface area contributed by atoms with Crippen molar-refractivity contribution in [1.82, 2.24) is 14.8 Å². The lowest BCUT2D eigenvalue weighted by molar-refractivity contribution is 0.0886. The van der Waals surface area contributed by atoms with Gasteiger partial charge in [0, 0.05) is 11.7 Å². The summed E-state index contributed by atoms with van der Waals surface area (Å²) in [4.78, 5) is 11.9. The zero-order valence-corrected chi connectivity index (χ0v) is 10.6. The largest absolute Gasteiger partial charge is 0.497 e. The Bertz CT molecular complexity index is 579. The molecule has 3 rings (SSSR count). The summed E-state index contributed by atoms with van der Waals surface area (Å²) in [7, 11) is 1.64. The zero-order chi connectivity index (χ0) is 12.5. The van der Waals surface area contributed by atoms with Crippen molar-refractivity contribution in [3.05, 3.63) is 36.2 Å². The van der Waals surface area contributed by atoms with Gasteiger partial charge in [0.2, 0.25) is 5.91 Å². The molecule has 1 aliphatic heterocycles. The van der Waals surface area contributed by atoms with Crippen LogP contribution >= 0.6 is 11.8 Å².